The number of hydrogen-bond acceptors (Lipinski definition) is 8. The quantitative estimate of drug-likeness (QED) is 0.321. The van der Waals surface area contributed by atoms with Gasteiger partial charge in [-0.3, -0.25) is 9.59 Å². The van der Waals surface area contributed by atoms with Crippen molar-refractivity contribution < 1.29 is 38.5 Å². The summed E-state index contributed by atoms with van der Waals surface area (Å²) in [6.45, 7) is -0.0563. The maximum Gasteiger partial charge on any atom is 0.346 e. The van der Waals surface area contributed by atoms with Crippen LogP contribution in [0.2, 0.25) is 0 Å². The summed E-state index contributed by atoms with van der Waals surface area (Å²) in [5.74, 6) is -3.29. The molecule has 0 fully saturated rings. The highest BCUT2D eigenvalue weighted by Gasteiger charge is 2.21. The third kappa shape index (κ3) is 6.17. The molecule has 0 aliphatic rings. The van der Waals surface area contributed by atoms with Gasteiger partial charge in [-0.2, -0.15) is 0 Å². The number of methoxy groups -OCH3 is 1. The van der Waals surface area contributed by atoms with E-state index < -0.39 is 23.9 Å². The number of rotatable bonds is 8. The fraction of sp³-hybridized carbons (Fsp3) is 0.375. The minimum atomic E-state index is -1.00. The third-order valence-corrected chi connectivity index (χ3v) is 2.86. The van der Waals surface area contributed by atoms with Gasteiger partial charge >= 0.3 is 23.9 Å². The van der Waals surface area contributed by atoms with E-state index in [2.05, 4.69) is 9.47 Å². The molecule has 0 saturated carbocycles. The molecule has 0 unspecified atom stereocenters. The monoisotopic (exact) mass is 338 g/mol. The molecule has 0 saturated heterocycles. The van der Waals surface area contributed by atoms with Gasteiger partial charge in [0.25, 0.3) is 0 Å². The summed E-state index contributed by atoms with van der Waals surface area (Å²) >= 11 is 0. The lowest BCUT2D eigenvalue weighted by Gasteiger charge is -2.07. The van der Waals surface area contributed by atoms with Gasteiger partial charge in [0.2, 0.25) is 0 Å². The minimum Gasteiger partial charge on any atom is -0.466 e. The van der Waals surface area contributed by atoms with Crippen molar-refractivity contribution in [3.8, 4) is 0 Å². The normalized spacial score (nSPS) is 9.92. The maximum atomic E-state index is 12.0. The average molecular weight is 338 g/mol. The molecular weight excluding hydrogens is 320 g/mol. The van der Waals surface area contributed by atoms with Crippen molar-refractivity contribution >= 4 is 23.9 Å². The molecule has 0 spiro atoms. The molecule has 0 aliphatic heterocycles. The van der Waals surface area contributed by atoms with Crippen molar-refractivity contribution in [3.05, 3.63) is 35.4 Å². The van der Waals surface area contributed by atoms with Gasteiger partial charge in [-0.1, -0.05) is 12.1 Å². The Labute approximate surface area is 138 Å². The van der Waals surface area contributed by atoms with E-state index in [0.717, 1.165) is 7.11 Å². The van der Waals surface area contributed by atoms with Crippen LogP contribution in [0.3, 0.4) is 0 Å². The Morgan fingerprint density at radius 1 is 0.958 bits per heavy atom. The van der Waals surface area contributed by atoms with Crippen LogP contribution in [0.5, 0.6) is 0 Å². The lowest BCUT2D eigenvalue weighted by atomic mass is 10.1. The van der Waals surface area contributed by atoms with Crippen LogP contribution >= 0.6 is 0 Å². The summed E-state index contributed by atoms with van der Waals surface area (Å²) < 4.78 is 13.9. The summed E-state index contributed by atoms with van der Waals surface area (Å²) in [6.07, 6.45) is -0.292. The Morgan fingerprint density at radius 2 is 1.54 bits per heavy atom. The number of aliphatic hydroxyl groups is 1. The minimum absolute atomic E-state index is 0.0267. The summed E-state index contributed by atoms with van der Waals surface area (Å²) in [6, 6.07) is 5.73. The smallest absolute Gasteiger partial charge is 0.346 e. The third-order valence-electron chi connectivity index (χ3n) is 2.86. The fourth-order valence-corrected chi connectivity index (χ4v) is 1.69. The van der Waals surface area contributed by atoms with E-state index in [9.17, 15) is 19.2 Å². The van der Waals surface area contributed by atoms with E-state index in [0.29, 0.717) is 6.42 Å². The molecule has 1 N–H and O–H groups in total. The van der Waals surface area contributed by atoms with Gasteiger partial charge in [-0.15, -0.1) is 0 Å². The molecule has 1 aromatic carbocycles. The van der Waals surface area contributed by atoms with E-state index in [1.165, 1.54) is 24.3 Å². The lowest BCUT2D eigenvalue weighted by molar-refractivity contribution is -0.148. The summed E-state index contributed by atoms with van der Waals surface area (Å²) in [7, 11) is 1.16. The van der Waals surface area contributed by atoms with Crippen LogP contribution in [0.4, 0.5) is 0 Å². The number of ether oxygens (including phenoxy) is 3. The standard InChI is InChI=1S/C16H18O8/c1-22-15(20)11-5-2-3-6-12(11)16(21)24-14(19)8-7-13(18)23-10-4-9-17/h2-3,5-6,17H,4,7-10H2,1H3. The molecule has 0 atom stereocenters. The maximum absolute atomic E-state index is 12.0. The molecule has 0 aromatic heterocycles. The predicted octanol–water partition coefficient (Wildman–Crippen LogP) is 0.862. The van der Waals surface area contributed by atoms with Gasteiger partial charge in [0.15, 0.2) is 0 Å². The summed E-state index contributed by atoms with van der Waals surface area (Å²) in [5.41, 5.74) is -0.135. The molecule has 1 aromatic rings. The van der Waals surface area contributed by atoms with E-state index in [1.807, 2.05) is 0 Å². The van der Waals surface area contributed by atoms with Gasteiger partial charge in [0.05, 0.1) is 37.7 Å². The Hall–Kier alpha value is -2.74. The highest BCUT2D eigenvalue weighted by Crippen LogP contribution is 2.12. The van der Waals surface area contributed by atoms with Crippen LogP contribution in [-0.2, 0) is 23.8 Å². The Morgan fingerprint density at radius 3 is 2.12 bits per heavy atom. The number of hydrogen-bond donors (Lipinski definition) is 1. The molecule has 1 rings (SSSR count). The molecule has 0 bridgehead atoms. The molecule has 0 aliphatic carbocycles. The van der Waals surface area contributed by atoms with E-state index in [1.54, 1.807) is 0 Å². The van der Waals surface area contributed by atoms with Gasteiger partial charge in [-0.05, 0) is 12.1 Å². The molecule has 130 valence electrons. The number of aliphatic hydroxyl groups excluding tert-OH is 1. The van der Waals surface area contributed by atoms with E-state index in [4.69, 9.17) is 9.84 Å². The van der Waals surface area contributed by atoms with Crippen molar-refractivity contribution in [3.63, 3.8) is 0 Å². The first-order valence-corrected chi connectivity index (χ1v) is 7.18. The van der Waals surface area contributed by atoms with Crippen LogP contribution in [0, 0.1) is 0 Å². The van der Waals surface area contributed by atoms with Crippen LogP contribution in [0.25, 0.3) is 0 Å². The van der Waals surface area contributed by atoms with Crippen molar-refractivity contribution in [2.75, 3.05) is 20.3 Å². The topological polar surface area (TPSA) is 116 Å². The zero-order valence-electron chi connectivity index (χ0n) is 13.1. The van der Waals surface area contributed by atoms with Crippen LogP contribution in [0.1, 0.15) is 40.0 Å². The first-order valence-electron chi connectivity index (χ1n) is 7.18. The first kappa shape index (κ1) is 19.3. The van der Waals surface area contributed by atoms with Gasteiger partial charge in [0.1, 0.15) is 0 Å². The van der Waals surface area contributed by atoms with Crippen molar-refractivity contribution in [2.24, 2.45) is 0 Å². The zero-order valence-corrected chi connectivity index (χ0v) is 13.1. The van der Waals surface area contributed by atoms with E-state index in [-0.39, 0.29) is 37.2 Å². The van der Waals surface area contributed by atoms with Crippen molar-refractivity contribution in [2.45, 2.75) is 19.3 Å². The largest absolute Gasteiger partial charge is 0.466 e. The second-order valence-electron chi connectivity index (χ2n) is 4.60. The molecule has 0 amide bonds. The molecule has 24 heavy (non-hydrogen) atoms. The average Bonchev–Trinajstić information content (AvgIpc) is 2.59. The van der Waals surface area contributed by atoms with Gasteiger partial charge < -0.3 is 19.3 Å². The van der Waals surface area contributed by atoms with Crippen molar-refractivity contribution in [1.29, 1.82) is 0 Å². The second-order valence-corrected chi connectivity index (χ2v) is 4.60. The lowest BCUT2D eigenvalue weighted by Crippen LogP contribution is -2.17. The molecular formula is C16H18O8. The number of esters is 4. The number of benzene rings is 1. The highest BCUT2D eigenvalue weighted by molar-refractivity contribution is 6.05. The van der Waals surface area contributed by atoms with E-state index >= 15 is 0 Å². The molecule has 0 heterocycles. The van der Waals surface area contributed by atoms with Crippen LogP contribution in [-0.4, -0.2) is 49.3 Å². The summed E-state index contributed by atoms with van der Waals surface area (Å²) in [5, 5.41) is 8.55. The van der Waals surface area contributed by atoms with Crippen LogP contribution in [0.15, 0.2) is 24.3 Å². The first-order chi connectivity index (χ1) is 11.5. The highest BCUT2D eigenvalue weighted by atomic mass is 16.6. The summed E-state index contributed by atoms with van der Waals surface area (Å²) in [4.78, 5) is 46.4. The molecule has 8 heteroatoms. The second kappa shape index (κ2) is 10.1. The van der Waals surface area contributed by atoms with Crippen LogP contribution < -0.4 is 0 Å². The fourth-order valence-electron chi connectivity index (χ4n) is 1.69. The van der Waals surface area contributed by atoms with Gasteiger partial charge in [0, 0.05) is 13.0 Å². The SMILES string of the molecule is COC(=O)c1ccccc1C(=O)OC(=O)CCC(=O)OCCCO. The number of carbonyl (C=O) groups is 4. The Bertz CT molecular complexity index is 608. The Kier molecular flexibility index (Phi) is 8.14. The zero-order chi connectivity index (χ0) is 17.9. The van der Waals surface area contributed by atoms with Gasteiger partial charge in [-0.25, -0.2) is 9.59 Å². The predicted molar refractivity (Wildman–Crippen MR) is 80.1 cm³/mol. The number of carbonyl (C=O) groups excluding carboxylic acids is 4. The molecule has 0 radical (unpaired) electrons. The molecule has 8 nitrogen and oxygen atoms in total. The Balaban J connectivity index is 2.55. The van der Waals surface area contributed by atoms with Crippen molar-refractivity contribution in [1.82, 2.24) is 0 Å².